The fourth-order valence-electron chi connectivity index (χ4n) is 3.40. The highest BCUT2D eigenvalue weighted by molar-refractivity contribution is 7.98. The minimum absolute atomic E-state index is 0.153. The second-order valence-electron chi connectivity index (χ2n) is 6.91. The van der Waals surface area contributed by atoms with E-state index >= 15 is 0 Å². The Morgan fingerprint density at radius 3 is 2.77 bits per heavy atom. The number of carbonyl (C=O) groups is 2. The van der Waals surface area contributed by atoms with Gasteiger partial charge in [-0.15, -0.1) is 0 Å². The minimum atomic E-state index is -0.652. The van der Waals surface area contributed by atoms with Crippen LogP contribution >= 0.6 is 11.8 Å². The molecule has 8 nitrogen and oxygen atoms in total. The molecule has 0 spiro atoms. The average molecular weight is 429 g/mol. The van der Waals surface area contributed by atoms with Gasteiger partial charge in [0.2, 0.25) is 5.91 Å². The molecule has 9 heteroatoms. The quantitative estimate of drug-likeness (QED) is 0.495. The van der Waals surface area contributed by atoms with E-state index in [9.17, 15) is 19.7 Å². The Labute approximate surface area is 179 Å². The molecule has 30 heavy (non-hydrogen) atoms. The molecule has 1 heterocycles. The van der Waals surface area contributed by atoms with Crippen molar-refractivity contribution in [2.75, 3.05) is 30.4 Å². The Hall–Kier alpha value is -3.07. The largest absolute Gasteiger partial charge is 0.383 e. The van der Waals surface area contributed by atoms with Gasteiger partial charge < -0.3 is 15.5 Å². The summed E-state index contributed by atoms with van der Waals surface area (Å²) in [7, 11) is 0. The number of non-ortho nitro benzene ring substituents is 1. The van der Waals surface area contributed by atoms with Crippen molar-refractivity contribution >= 4 is 35.0 Å². The maximum atomic E-state index is 13.3. The van der Waals surface area contributed by atoms with Gasteiger partial charge in [0, 0.05) is 37.5 Å². The van der Waals surface area contributed by atoms with E-state index in [2.05, 4.69) is 10.6 Å². The number of nitrogens with zero attached hydrogens (tertiary/aromatic N) is 2. The normalized spacial score (nSPS) is 14.3. The highest BCUT2D eigenvalue weighted by Crippen LogP contribution is 2.27. The van der Waals surface area contributed by atoms with Gasteiger partial charge in [-0.2, -0.15) is 11.8 Å². The van der Waals surface area contributed by atoms with Crippen LogP contribution in [0.2, 0.25) is 0 Å². The molecule has 1 atom stereocenters. The molecule has 1 aliphatic heterocycles. The van der Waals surface area contributed by atoms with Crippen LogP contribution in [-0.2, 0) is 11.3 Å². The van der Waals surface area contributed by atoms with Crippen LogP contribution in [0.25, 0.3) is 0 Å². The number of nitrogens with one attached hydrogen (secondary N) is 2. The van der Waals surface area contributed by atoms with E-state index in [1.54, 1.807) is 17.8 Å². The van der Waals surface area contributed by atoms with Crippen molar-refractivity contribution in [3.63, 3.8) is 0 Å². The number of rotatable bonds is 8. The third-order valence-corrected chi connectivity index (χ3v) is 5.60. The van der Waals surface area contributed by atoms with Gasteiger partial charge in [0.15, 0.2) is 0 Å². The number of amides is 2. The third-order valence-electron chi connectivity index (χ3n) is 4.96. The van der Waals surface area contributed by atoms with Crippen molar-refractivity contribution in [1.82, 2.24) is 10.2 Å². The lowest BCUT2D eigenvalue weighted by atomic mass is 10.1. The van der Waals surface area contributed by atoms with Crippen LogP contribution in [0.3, 0.4) is 0 Å². The Bertz CT molecular complexity index is 922. The summed E-state index contributed by atoms with van der Waals surface area (Å²) in [4.78, 5) is 38.5. The summed E-state index contributed by atoms with van der Waals surface area (Å²) in [5.74, 6) is 0.109. The highest BCUT2D eigenvalue weighted by Gasteiger charge is 2.33. The maximum absolute atomic E-state index is 13.3. The number of benzene rings is 2. The second kappa shape index (κ2) is 10.1. The van der Waals surface area contributed by atoms with Crippen molar-refractivity contribution in [3.05, 3.63) is 69.8 Å². The minimum Gasteiger partial charge on any atom is -0.383 e. The maximum Gasteiger partial charge on any atom is 0.270 e. The monoisotopic (exact) mass is 428 g/mol. The van der Waals surface area contributed by atoms with Crippen LogP contribution in [-0.4, -0.2) is 52.8 Å². The van der Waals surface area contributed by atoms with E-state index in [-0.39, 0.29) is 23.1 Å². The number of hydrogen-bond acceptors (Lipinski definition) is 6. The van der Waals surface area contributed by atoms with Gasteiger partial charge >= 0.3 is 0 Å². The molecule has 3 rings (SSSR count). The molecular formula is C21H24N4O4S. The van der Waals surface area contributed by atoms with Crippen molar-refractivity contribution in [2.45, 2.75) is 19.0 Å². The number of carbonyl (C=O) groups excluding carboxylic acids is 2. The van der Waals surface area contributed by atoms with Crippen molar-refractivity contribution in [2.24, 2.45) is 0 Å². The molecule has 2 N–H and O–H groups in total. The molecule has 2 aromatic rings. The Kier molecular flexibility index (Phi) is 7.29. The number of hydrogen-bond donors (Lipinski definition) is 2. The summed E-state index contributed by atoms with van der Waals surface area (Å²) < 4.78 is 0. The lowest BCUT2D eigenvalue weighted by Crippen LogP contribution is -2.50. The average Bonchev–Trinajstić information content (AvgIpc) is 2.92. The molecule has 158 valence electrons. The van der Waals surface area contributed by atoms with Crippen molar-refractivity contribution in [1.29, 1.82) is 0 Å². The Balaban J connectivity index is 1.83. The van der Waals surface area contributed by atoms with Crippen molar-refractivity contribution < 1.29 is 14.5 Å². The van der Waals surface area contributed by atoms with Crippen LogP contribution in [0.15, 0.2) is 48.5 Å². The Morgan fingerprint density at radius 1 is 1.30 bits per heavy atom. The summed E-state index contributed by atoms with van der Waals surface area (Å²) in [5, 5.41) is 17.2. The number of fused-ring (bicyclic) bond motifs is 1. The zero-order chi connectivity index (χ0) is 21.5. The first-order chi connectivity index (χ1) is 14.5. The van der Waals surface area contributed by atoms with Crippen LogP contribution in [0, 0.1) is 10.1 Å². The van der Waals surface area contributed by atoms with E-state index in [0.29, 0.717) is 37.5 Å². The van der Waals surface area contributed by atoms with E-state index in [4.69, 9.17) is 0 Å². The van der Waals surface area contributed by atoms with E-state index in [1.807, 2.05) is 36.6 Å². The first-order valence-corrected chi connectivity index (χ1v) is 11.0. The molecular weight excluding hydrogens is 404 g/mol. The standard InChI is InChI=1S/C21H24N4O4S/c1-30-12-9-19(20(26)23-14-15-5-3-2-4-6-15)24-11-10-22-18-8-7-16(25(28)29)13-17(18)21(24)27/h2-8,13,19,22H,9-12,14H2,1H3,(H,23,26). The lowest BCUT2D eigenvalue weighted by molar-refractivity contribution is -0.384. The first-order valence-electron chi connectivity index (χ1n) is 9.65. The predicted molar refractivity (Wildman–Crippen MR) is 118 cm³/mol. The van der Waals surface area contributed by atoms with Gasteiger partial charge in [-0.25, -0.2) is 0 Å². The number of thioether (sulfide) groups is 1. The summed E-state index contributed by atoms with van der Waals surface area (Å²) in [6.45, 7) is 1.16. The molecule has 0 bridgehead atoms. The number of nitro benzene ring substituents is 1. The van der Waals surface area contributed by atoms with Crippen LogP contribution < -0.4 is 10.6 Å². The zero-order valence-corrected chi connectivity index (χ0v) is 17.5. The fourth-order valence-corrected chi connectivity index (χ4v) is 3.86. The Morgan fingerprint density at radius 2 is 2.07 bits per heavy atom. The van der Waals surface area contributed by atoms with Crippen molar-refractivity contribution in [3.8, 4) is 0 Å². The second-order valence-corrected chi connectivity index (χ2v) is 7.90. The lowest BCUT2D eigenvalue weighted by Gasteiger charge is -2.29. The summed E-state index contributed by atoms with van der Waals surface area (Å²) in [6, 6.07) is 13.1. The summed E-state index contributed by atoms with van der Waals surface area (Å²) in [6.07, 6.45) is 2.45. The molecule has 1 aliphatic rings. The molecule has 2 amide bonds. The first kappa shape index (κ1) is 21.6. The van der Waals surface area contributed by atoms with E-state index in [1.165, 1.54) is 17.0 Å². The van der Waals surface area contributed by atoms with Gasteiger partial charge in [-0.1, -0.05) is 30.3 Å². The molecule has 2 aromatic carbocycles. The number of nitro groups is 1. The topological polar surface area (TPSA) is 105 Å². The van der Waals surface area contributed by atoms with Gasteiger partial charge in [0.25, 0.3) is 11.6 Å². The predicted octanol–water partition coefficient (Wildman–Crippen LogP) is 2.90. The van der Waals surface area contributed by atoms with Crippen LogP contribution in [0.1, 0.15) is 22.3 Å². The van der Waals surface area contributed by atoms with Gasteiger partial charge in [0.05, 0.1) is 10.5 Å². The van der Waals surface area contributed by atoms with Crippen LogP contribution in [0.4, 0.5) is 11.4 Å². The molecule has 0 saturated heterocycles. The number of anilines is 1. The summed E-state index contributed by atoms with van der Waals surface area (Å²) >= 11 is 1.60. The molecule has 1 unspecified atom stereocenters. The molecule has 0 radical (unpaired) electrons. The van der Waals surface area contributed by atoms with Gasteiger partial charge in [-0.3, -0.25) is 19.7 Å². The van der Waals surface area contributed by atoms with E-state index < -0.39 is 11.0 Å². The fraction of sp³-hybridized carbons (Fsp3) is 0.333. The molecule has 0 fully saturated rings. The summed E-state index contributed by atoms with van der Waals surface area (Å²) in [5.41, 5.74) is 1.58. The SMILES string of the molecule is CSCCC(C(=O)NCc1ccccc1)N1CCNc2ccc([N+](=O)[O-])cc2C1=O. The van der Waals surface area contributed by atoms with E-state index in [0.717, 1.165) is 5.56 Å². The molecule has 0 aliphatic carbocycles. The van der Waals surface area contributed by atoms with Gasteiger partial charge in [0.1, 0.15) is 6.04 Å². The third kappa shape index (κ3) is 5.10. The smallest absolute Gasteiger partial charge is 0.270 e. The molecule has 0 saturated carbocycles. The van der Waals surface area contributed by atoms with Crippen LogP contribution in [0.5, 0.6) is 0 Å². The highest BCUT2D eigenvalue weighted by atomic mass is 32.2. The van der Waals surface area contributed by atoms with Gasteiger partial charge in [-0.05, 0) is 30.1 Å². The zero-order valence-electron chi connectivity index (χ0n) is 16.7. The molecule has 0 aromatic heterocycles.